The number of hydrogen-bond donors (Lipinski definition) is 1. The Morgan fingerprint density at radius 3 is 2.57 bits per heavy atom. The molecule has 0 heterocycles. The maximum absolute atomic E-state index is 12.9. The molecule has 0 spiro atoms. The van der Waals surface area contributed by atoms with E-state index in [0.717, 1.165) is 0 Å². The minimum atomic E-state index is -2.86. The van der Waals surface area contributed by atoms with Crippen LogP contribution in [0.1, 0.15) is 5.56 Å². The molecule has 2 N–H and O–H groups in total. The molecule has 0 fully saturated rings. The lowest BCUT2D eigenvalue weighted by Crippen LogP contribution is -2.30. The third-order valence-electron chi connectivity index (χ3n) is 1.76. The Hall–Kier alpha value is -0.190. The highest BCUT2D eigenvalue weighted by Gasteiger charge is 2.27. The zero-order valence-electron chi connectivity index (χ0n) is 7.24. The van der Waals surface area contributed by atoms with Crippen molar-refractivity contribution < 1.29 is 8.78 Å². The fourth-order valence-corrected chi connectivity index (χ4v) is 1.84. The van der Waals surface area contributed by atoms with Gasteiger partial charge in [0.2, 0.25) is 0 Å². The van der Waals surface area contributed by atoms with Crippen LogP contribution in [-0.4, -0.2) is 12.5 Å². The van der Waals surface area contributed by atoms with Gasteiger partial charge in [0.1, 0.15) is 0 Å². The van der Waals surface area contributed by atoms with Gasteiger partial charge in [0.15, 0.2) is 0 Å². The van der Waals surface area contributed by atoms with Crippen LogP contribution in [0.25, 0.3) is 0 Å². The van der Waals surface area contributed by atoms with E-state index in [9.17, 15) is 8.78 Å². The standard InChI is InChI=1S/C9H9BrClF2N/c10-8-3-7(11)2-1-6(8)4-9(12,13)5-14/h1-3H,4-5,14H2. The summed E-state index contributed by atoms with van der Waals surface area (Å²) in [5.74, 6) is -2.86. The van der Waals surface area contributed by atoms with Crippen molar-refractivity contribution in [1.29, 1.82) is 0 Å². The van der Waals surface area contributed by atoms with Crippen LogP contribution in [0, 0.1) is 0 Å². The topological polar surface area (TPSA) is 26.0 Å². The molecule has 0 aliphatic heterocycles. The van der Waals surface area contributed by atoms with E-state index in [1.54, 1.807) is 18.2 Å². The maximum atomic E-state index is 12.9. The number of halogens is 4. The van der Waals surface area contributed by atoms with Gasteiger partial charge < -0.3 is 5.73 Å². The molecule has 14 heavy (non-hydrogen) atoms. The predicted molar refractivity (Wildman–Crippen MR) is 56.9 cm³/mol. The molecule has 0 aliphatic rings. The molecule has 0 unspecified atom stereocenters. The van der Waals surface area contributed by atoms with Crippen LogP contribution in [0.4, 0.5) is 8.78 Å². The van der Waals surface area contributed by atoms with Crippen LogP contribution >= 0.6 is 27.5 Å². The van der Waals surface area contributed by atoms with Crippen molar-refractivity contribution in [3.63, 3.8) is 0 Å². The van der Waals surface area contributed by atoms with E-state index >= 15 is 0 Å². The molecule has 5 heteroatoms. The van der Waals surface area contributed by atoms with Gasteiger partial charge in [0.25, 0.3) is 5.92 Å². The molecule has 0 bridgehead atoms. The Balaban J connectivity index is 2.87. The van der Waals surface area contributed by atoms with Crippen LogP contribution in [0.15, 0.2) is 22.7 Å². The molecule has 78 valence electrons. The molecular formula is C9H9BrClF2N. The lowest BCUT2D eigenvalue weighted by atomic mass is 10.1. The van der Waals surface area contributed by atoms with Crippen molar-refractivity contribution in [2.75, 3.05) is 6.54 Å². The number of hydrogen-bond acceptors (Lipinski definition) is 1. The highest BCUT2D eigenvalue weighted by molar-refractivity contribution is 9.10. The van der Waals surface area contributed by atoms with Gasteiger partial charge in [0, 0.05) is 15.9 Å². The predicted octanol–water partition coefficient (Wildman–Crippen LogP) is 3.24. The minimum absolute atomic E-state index is 0.374. The van der Waals surface area contributed by atoms with E-state index in [2.05, 4.69) is 15.9 Å². The molecule has 0 saturated heterocycles. The van der Waals surface area contributed by atoms with Crippen LogP contribution in [-0.2, 0) is 6.42 Å². The molecule has 0 radical (unpaired) electrons. The van der Waals surface area contributed by atoms with Gasteiger partial charge in [0.05, 0.1) is 6.54 Å². The first-order chi connectivity index (χ1) is 6.44. The number of nitrogens with two attached hydrogens (primary N) is 1. The largest absolute Gasteiger partial charge is 0.325 e. The summed E-state index contributed by atoms with van der Waals surface area (Å²) in [5.41, 5.74) is 5.45. The average Bonchev–Trinajstić information content (AvgIpc) is 2.10. The van der Waals surface area contributed by atoms with E-state index < -0.39 is 12.5 Å². The van der Waals surface area contributed by atoms with Gasteiger partial charge in [-0.15, -0.1) is 0 Å². The lowest BCUT2D eigenvalue weighted by molar-refractivity contribution is 0.0113. The van der Waals surface area contributed by atoms with E-state index in [0.29, 0.717) is 15.1 Å². The molecule has 0 saturated carbocycles. The summed E-state index contributed by atoms with van der Waals surface area (Å²) in [6.45, 7) is -0.651. The fourth-order valence-electron chi connectivity index (χ4n) is 1.02. The summed E-state index contributed by atoms with van der Waals surface area (Å²) in [6.07, 6.45) is -0.374. The van der Waals surface area contributed by atoms with E-state index in [4.69, 9.17) is 17.3 Å². The second-order valence-corrected chi connectivity index (χ2v) is 4.26. The first kappa shape index (κ1) is 11.9. The smallest absolute Gasteiger partial charge is 0.264 e. The normalized spacial score (nSPS) is 11.8. The van der Waals surface area contributed by atoms with E-state index in [1.807, 2.05) is 0 Å². The first-order valence-corrected chi connectivity index (χ1v) is 5.13. The van der Waals surface area contributed by atoms with Crippen molar-refractivity contribution in [2.24, 2.45) is 5.73 Å². The summed E-state index contributed by atoms with van der Waals surface area (Å²) in [5, 5.41) is 0.511. The van der Waals surface area contributed by atoms with Gasteiger partial charge in [-0.1, -0.05) is 33.6 Å². The molecule has 1 nitrogen and oxygen atoms in total. The van der Waals surface area contributed by atoms with E-state index in [1.165, 1.54) is 0 Å². The van der Waals surface area contributed by atoms with Gasteiger partial charge >= 0.3 is 0 Å². The fraction of sp³-hybridized carbons (Fsp3) is 0.333. The molecule has 0 aliphatic carbocycles. The molecular weight excluding hydrogens is 275 g/mol. The van der Waals surface area contributed by atoms with Crippen molar-refractivity contribution >= 4 is 27.5 Å². The Bertz CT molecular complexity index is 331. The minimum Gasteiger partial charge on any atom is -0.325 e. The Morgan fingerprint density at radius 2 is 2.07 bits per heavy atom. The van der Waals surface area contributed by atoms with Crippen LogP contribution in [0.3, 0.4) is 0 Å². The van der Waals surface area contributed by atoms with Crippen molar-refractivity contribution in [3.8, 4) is 0 Å². The summed E-state index contributed by atoms with van der Waals surface area (Å²) in [7, 11) is 0. The highest BCUT2D eigenvalue weighted by atomic mass is 79.9. The quantitative estimate of drug-likeness (QED) is 0.906. The van der Waals surface area contributed by atoms with Crippen LogP contribution in [0.2, 0.25) is 5.02 Å². The second kappa shape index (κ2) is 4.55. The Kier molecular flexibility index (Phi) is 3.86. The average molecular weight is 285 g/mol. The summed E-state index contributed by atoms with van der Waals surface area (Å²) in [4.78, 5) is 0. The Morgan fingerprint density at radius 1 is 1.43 bits per heavy atom. The monoisotopic (exact) mass is 283 g/mol. The second-order valence-electron chi connectivity index (χ2n) is 2.97. The summed E-state index contributed by atoms with van der Waals surface area (Å²) < 4.78 is 26.5. The molecule has 1 rings (SSSR count). The summed E-state index contributed by atoms with van der Waals surface area (Å²) >= 11 is 8.85. The third kappa shape index (κ3) is 3.19. The zero-order valence-corrected chi connectivity index (χ0v) is 9.58. The highest BCUT2D eigenvalue weighted by Crippen LogP contribution is 2.27. The van der Waals surface area contributed by atoms with E-state index in [-0.39, 0.29) is 6.42 Å². The zero-order chi connectivity index (χ0) is 10.8. The number of rotatable bonds is 3. The molecule has 0 amide bonds. The first-order valence-electron chi connectivity index (χ1n) is 3.96. The lowest BCUT2D eigenvalue weighted by Gasteiger charge is -2.14. The molecule has 0 aromatic heterocycles. The number of alkyl halides is 2. The number of benzene rings is 1. The van der Waals surface area contributed by atoms with Crippen molar-refractivity contribution in [3.05, 3.63) is 33.3 Å². The molecule has 1 aromatic rings. The SMILES string of the molecule is NCC(F)(F)Cc1ccc(Cl)cc1Br. The Labute approximate surface area is 94.4 Å². The van der Waals surface area contributed by atoms with Gasteiger partial charge in [-0.05, 0) is 17.7 Å². The van der Waals surface area contributed by atoms with Crippen molar-refractivity contribution in [1.82, 2.24) is 0 Å². The molecule has 1 aromatic carbocycles. The summed E-state index contributed by atoms with van der Waals surface area (Å²) in [6, 6.07) is 4.73. The van der Waals surface area contributed by atoms with Crippen LogP contribution in [0.5, 0.6) is 0 Å². The third-order valence-corrected chi connectivity index (χ3v) is 2.74. The van der Waals surface area contributed by atoms with Gasteiger partial charge in [-0.3, -0.25) is 0 Å². The van der Waals surface area contributed by atoms with Gasteiger partial charge in [-0.25, -0.2) is 8.78 Å². The molecule has 0 atom stereocenters. The van der Waals surface area contributed by atoms with Gasteiger partial charge in [-0.2, -0.15) is 0 Å². The van der Waals surface area contributed by atoms with Crippen molar-refractivity contribution in [2.45, 2.75) is 12.3 Å². The maximum Gasteiger partial charge on any atom is 0.264 e. The van der Waals surface area contributed by atoms with Crippen LogP contribution < -0.4 is 5.73 Å².